The Morgan fingerprint density at radius 3 is 3.18 bits per heavy atom. The van der Waals surface area contributed by atoms with E-state index < -0.39 is 0 Å². The Morgan fingerprint density at radius 1 is 1.55 bits per heavy atom. The second-order valence-corrected chi connectivity index (χ2v) is 2.39. The molecule has 0 aromatic carbocycles. The van der Waals surface area contributed by atoms with Crippen LogP contribution in [0.3, 0.4) is 0 Å². The number of H-pyrrole nitrogens is 1. The van der Waals surface area contributed by atoms with Crippen LogP contribution in [0, 0.1) is 4.77 Å². The number of hydrogen-bond acceptors (Lipinski definition) is 4. The Hall–Kier alpha value is -1.43. The summed E-state index contributed by atoms with van der Waals surface area (Å²) in [4.78, 5) is 7.74. The summed E-state index contributed by atoms with van der Waals surface area (Å²) >= 11 is 4.76. The monoisotopic (exact) mass is 167 g/mol. The minimum Gasteiger partial charge on any atom is -0.368 e. The van der Waals surface area contributed by atoms with Crippen LogP contribution in [0.4, 0.5) is 5.95 Å². The van der Waals surface area contributed by atoms with Crippen molar-refractivity contribution in [3.05, 3.63) is 17.0 Å². The van der Waals surface area contributed by atoms with Crippen LogP contribution >= 0.6 is 12.2 Å². The van der Waals surface area contributed by atoms with Gasteiger partial charge in [0.2, 0.25) is 10.7 Å². The largest absolute Gasteiger partial charge is 0.368 e. The molecule has 56 valence electrons. The molecule has 0 bridgehead atoms. The molecular formula is C5H5N5S. The summed E-state index contributed by atoms with van der Waals surface area (Å²) in [6.45, 7) is 0. The van der Waals surface area contributed by atoms with E-state index in [1.807, 2.05) is 0 Å². The predicted molar refractivity (Wildman–Crippen MR) is 42.6 cm³/mol. The Bertz CT molecular complexity index is 441. The number of nitrogens with two attached hydrogens (primary N) is 1. The Kier molecular flexibility index (Phi) is 1.16. The van der Waals surface area contributed by atoms with Crippen LogP contribution in [0.1, 0.15) is 0 Å². The zero-order chi connectivity index (χ0) is 7.84. The molecule has 0 aliphatic rings. The van der Waals surface area contributed by atoms with E-state index in [2.05, 4.69) is 15.1 Å². The van der Waals surface area contributed by atoms with Gasteiger partial charge < -0.3 is 5.73 Å². The van der Waals surface area contributed by atoms with Crippen molar-refractivity contribution in [3.63, 3.8) is 0 Å². The van der Waals surface area contributed by atoms with E-state index in [1.165, 1.54) is 0 Å². The average Bonchev–Trinajstić information content (AvgIpc) is 2.34. The number of nitrogens with zero attached hydrogens (tertiary/aromatic N) is 3. The van der Waals surface area contributed by atoms with E-state index in [1.54, 1.807) is 16.8 Å². The third kappa shape index (κ3) is 0.874. The molecule has 2 aromatic rings. The summed E-state index contributed by atoms with van der Waals surface area (Å²) in [5, 5.41) is 2.84. The fraction of sp³-hybridized carbons (Fsp3) is 0. The van der Waals surface area contributed by atoms with Gasteiger partial charge in [-0.2, -0.15) is 9.97 Å². The number of aromatic nitrogens is 4. The third-order valence-corrected chi connectivity index (χ3v) is 1.50. The highest BCUT2D eigenvalue weighted by Gasteiger charge is 1.97. The molecule has 0 saturated carbocycles. The summed E-state index contributed by atoms with van der Waals surface area (Å²) in [6, 6.07) is 1.77. The summed E-state index contributed by atoms with van der Waals surface area (Å²) in [5.41, 5.74) is 6.20. The Labute approximate surface area is 66.9 Å². The van der Waals surface area contributed by atoms with Crippen molar-refractivity contribution in [2.75, 3.05) is 5.73 Å². The molecule has 0 fully saturated rings. The van der Waals surface area contributed by atoms with Crippen LogP contribution in [0.2, 0.25) is 0 Å². The van der Waals surface area contributed by atoms with Crippen LogP contribution in [-0.2, 0) is 0 Å². The van der Waals surface area contributed by atoms with Crippen LogP contribution in [-0.4, -0.2) is 19.6 Å². The first-order chi connectivity index (χ1) is 5.27. The lowest BCUT2D eigenvalue weighted by molar-refractivity contribution is 0.902. The van der Waals surface area contributed by atoms with Gasteiger partial charge in [-0.15, -0.1) is 0 Å². The lowest BCUT2D eigenvalue weighted by Gasteiger charge is -1.95. The molecule has 2 rings (SSSR count). The zero-order valence-electron chi connectivity index (χ0n) is 5.48. The van der Waals surface area contributed by atoms with Crippen LogP contribution in [0.25, 0.3) is 5.65 Å². The quantitative estimate of drug-likeness (QED) is 0.556. The molecule has 11 heavy (non-hydrogen) atoms. The Morgan fingerprint density at radius 2 is 2.36 bits per heavy atom. The number of hydrogen-bond donors (Lipinski definition) is 2. The van der Waals surface area contributed by atoms with Crippen LogP contribution in [0.5, 0.6) is 0 Å². The van der Waals surface area contributed by atoms with E-state index in [-0.39, 0.29) is 4.77 Å². The number of nitrogen functional groups attached to an aromatic ring is 1. The molecule has 0 unspecified atom stereocenters. The van der Waals surface area contributed by atoms with Crippen molar-refractivity contribution < 1.29 is 0 Å². The van der Waals surface area contributed by atoms with Crippen molar-refractivity contribution in [1.29, 1.82) is 0 Å². The minimum atomic E-state index is 0.266. The molecule has 0 aliphatic carbocycles. The lowest BCUT2D eigenvalue weighted by Crippen LogP contribution is -2.02. The van der Waals surface area contributed by atoms with Gasteiger partial charge in [0.1, 0.15) is 0 Å². The molecule has 6 heteroatoms. The van der Waals surface area contributed by atoms with Gasteiger partial charge in [-0.05, 0) is 12.2 Å². The normalized spacial score (nSPS) is 10.5. The Balaban J connectivity index is 3.02. The molecule has 0 aliphatic heterocycles. The van der Waals surface area contributed by atoms with Crippen molar-refractivity contribution in [1.82, 2.24) is 19.6 Å². The van der Waals surface area contributed by atoms with Crippen molar-refractivity contribution in [2.45, 2.75) is 0 Å². The predicted octanol–water partition coefficient (Wildman–Crippen LogP) is 0.369. The van der Waals surface area contributed by atoms with Gasteiger partial charge in [0.05, 0.1) is 0 Å². The smallest absolute Gasteiger partial charge is 0.224 e. The number of aromatic amines is 1. The number of fused-ring (bicyclic) bond motifs is 1. The molecular weight excluding hydrogens is 162 g/mol. The zero-order valence-corrected chi connectivity index (χ0v) is 6.30. The van der Waals surface area contributed by atoms with Gasteiger partial charge in [0.15, 0.2) is 5.65 Å². The van der Waals surface area contributed by atoms with Gasteiger partial charge >= 0.3 is 0 Å². The van der Waals surface area contributed by atoms with Gasteiger partial charge in [0, 0.05) is 12.3 Å². The molecule has 0 radical (unpaired) electrons. The highest BCUT2D eigenvalue weighted by atomic mass is 32.1. The summed E-state index contributed by atoms with van der Waals surface area (Å²) in [5.74, 6) is 0.324. The molecule has 2 aromatic heterocycles. The van der Waals surface area contributed by atoms with E-state index in [0.717, 1.165) is 0 Å². The van der Waals surface area contributed by atoms with Crippen LogP contribution < -0.4 is 5.73 Å². The standard InChI is InChI=1S/C5H5N5S/c6-4-9-5(11)8-3-1-2-7-10(3)4/h1-2,7H,(H2,6,9,11). The fourth-order valence-corrected chi connectivity index (χ4v) is 1.06. The SMILES string of the molecule is Nc1nc(=S)nc2cc[nH]n12. The lowest BCUT2D eigenvalue weighted by atomic mass is 10.7. The summed E-state index contributed by atoms with van der Waals surface area (Å²) in [6.07, 6.45) is 1.72. The van der Waals surface area contributed by atoms with E-state index in [4.69, 9.17) is 18.0 Å². The maximum atomic E-state index is 5.52. The van der Waals surface area contributed by atoms with E-state index >= 15 is 0 Å². The van der Waals surface area contributed by atoms with Gasteiger partial charge in [-0.3, -0.25) is 5.10 Å². The molecule has 2 heterocycles. The van der Waals surface area contributed by atoms with Crippen LogP contribution in [0.15, 0.2) is 12.3 Å². The molecule has 0 saturated heterocycles. The van der Waals surface area contributed by atoms with Gasteiger partial charge in [-0.1, -0.05) is 0 Å². The second kappa shape index (κ2) is 2.03. The maximum Gasteiger partial charge on any atom is 0.224 e. The van der Waals surface area contributed by atoms with E-state index in [9.17, 15) is 0 Å². The molecule has 5 nitrogen and oxygen atoms in total. The highest BCUT2D eigenvalue weighted by Crippen LogP contribution is 2.00. The third-order valence-electron chi connectivity index (χ3n) is 1.31. The molecule has 3 N–H and O–H groups in total. The highest BCUT2D eigenvalue weighted by molar-refractivity contribution is 7.71. The summed E-state index contributed by atoms with van der Waals surface area (Å²) < 4.78 is 1.82. The molecule has 0 spiro atoms. The molecule has 0 amide bonds. The minimum absolute atomic E-state index is 0.266. The van der Waals surface area contributed by atoms with Gasteiger partial charge in [0.25, 0.3) is 0 Å². The number of nitrogens with one attached hydrogen (secondary N) is 1. The fourth-order valence-electron chi connectivity index (χ4n) is 0.869. The maximum absolute atomic E-state index is 5.52. The van der Waals surface area contributed by atoms with Crippen molar-refractivity contribution >= 4 is 23.8 Å². The second-order valence-electron chi connectivity index (χ2n) is 2.02. The van der Waals surface area contributed by atoms with E-state index in [0.29, 0.717) is 11.6 Å². The van der Waals surface area contributed by atoms with Crippen molar-refractivity contribution in [2.24, 2.45) is 0 Å². The molecule has 0 atom stereocenters. The average molecular weight is 167 g/mol. The first-order valence-corrected chi connectivity index (χ1v) is 3.38. The topological polar surface area (TPSA) is 72.0 Å². The number of rotatable bonds is 0. The first kappa shape index (κ1) is 6.29. The van der Waals surface area contributed by atoms with Gasteiger partial charge in [-0.25, -0.2) is 4.52 Å². The van der Waals surface area contributed by atoms with Crippen molar-refractivity contribution in [3.8, 4) is 0 Å². The number of anilines is 1. The first-order valence-electron chi connectivity index (χ1n) is 2.97. The summed E-state index contributed by atoms with van der Waals surface area (Å²) in [7, 11) is 0.